The van der Waals surface area contributed by atoms with Gasteiger partial charge in [0.15, 0.2) is 6.10 Å². The van der Waals surface area contributed by atoms with Gasteiger partial charge in [-0.15, -0.1) is 0 Å². The van der Waals surface area contributed by atoms with Crippen LogP contribution in [-0.2, 0) is 9.47 Å². The fraction of sp³-hybridized carbons (Fsp3) is 0.667. The molecule has 1 amide bonds. The van der Waals surface area contributed by atoms with E-state index in [0.717, 1.165) is 25.7 Å². The Balaban J connectivity index is 1.37. The van der Waals surface area contributed by atoms with Gasteiger partial charge in [0.1, 0.15) is 24.1 Å². The Morgan fingerprint density at radius 3 is 2.42 bits per heavy atom. The first-order chi connectivity index (χ1) is 15.0. The van der Waals surface area contributed by atoms with E-state index < -0.39 is 25.3 Å². The van der Waals surface area contributed by atoms with Crippen molar-refractivity contribution < 1.29 is 32.2 Å². The van der Waals surface area contributed by atoms with E-state index >= 15 is 0 Å². The number of hydrogen-bond donors (Lipinski definition) is 0. The molecule has 1 aliphatic heterocycles. The number of hydrogen-bond acceptors (Lipinski definition) is 6. The summed E-state index contributed by atoms with van der Waals surface area (Å²) in [5.74, 6) is 0.544. The van der Waals surface area contributed by atoms with Crippen LogP contribution in [-0.4, -0.2) is 66.6 Å². The molecule has 1 aromatic heterocycles. The van der Waals surface area contributed by atoms with Crippen molar-refractivity contribution in [3.63, 3.8) is 0 Å². The number of nitriles is 1. The molecule has 1 saturated heterocycles. The number of ether oxygens (including phenoxy) is 3. The number of halogens is 3. The molecule has 1 unspecified atom stereocenters. The van der Waals surface area contributed by atoms with E-state index in [4.69, 9.17) is 14.7 Å². The van der Waals surface area contributed by atoms with E-state index in [-0.39, 0.29) is 18.3 Å². The van der Waals surface area contributed by atoms with Crippen molar-refractivity contribution in [2.75, 3.05) is 19.8 Å². The number of carbonyl (C=O) groups excluding carboxylic acids is 1. The Bertz CT molecular complexity index is 760. The lowest BCUT2D eigenvalue weighted by Gasteiger charge is -2.36. The number of alkyl halides is 3. The number of pyridine rings is 1. The summed E-state index contributed by atoms with van der Waals surface area (Å²) in [5.41, 5.74) is 0.414. The van der Waals surface area contributed by atoms with Crippen LogP contribution in [0.4, 0.5) is 18.0 Å². The third-order valence-electron chi connectivity index (χ3n) is 5.59. The summed E-state index contributed by atoms with van der Waals surface area (Å²) in [6.07, 6.45) is 1.60. The van der Waals surface area contributed by atoms with Gasteiger partial charge in [-0.25, -0.2) is 18.0 Å². The standard InChI is InChI=1S/C21H26F3N3O4/c22-11-19(20(23)24)31-21(28)27-9-6-17(7-10-27)29-15-1-3-16(4-2-15)30-18-5-8-26-13-14(18)12-25/h5,8,13,15-17,19-20H,1-4,6-7,9-11H2. The second-order valence-electron chi connectivity index (χ2n) is 7.73. The van der Waals surface area contributed by atoms with Crippen LogP contribution in [0.25, 0.3) is 0 Å². The Hall–Kier alpha value is -2.54. The predicted molar refractivity (Wildman–Crippen MR) is 104 cm³/mol. The van der Waals surface area contributed by atoms with Crippen molar-refractivity contribution in [2.24, 2.45) is 0 Å². The third kappa shape index (κ3) is 6.47. The highest BCUT2D eigenvalue weighted by Crippen LogP contribution is 2.29. The van der Waals surface area contributed by atoms with Gasteiger partial charge in [0, 0.05) is 25.5 Å². The molecule has 2 heterocycles. The number of aromatic nitrogens is 1. The molecule has 0 aromatic carbocycles. The Kier molecular flexibility index (Phi) is 8.35. The van der Waals surface area contributed by atoms with Gasteiger partial charge in [-0.05, 0) is 44.6 Å². The number of piperidine rings is 1. The summed E-state index contributed by atoms with van der Waals surface area (Å²) < 4.78 is 54.3. The molecule has 3 rings (SSSR count). The molecule has 170 valence electrons. The number of amides is 1. The molecular weight excluding hydrogens is 415 g/mol. The van der Waals surface area contributed by atoms with E-state index in [1.807, 2.05) is 0 Å². The molecule has 7 nitrogen and oxygen atoms in total. The van der Waals surface area contributed by atoms with Crippen molar-refractivity contribution in [2.45, 2.75) is 69.4 Å². The van der Waals surface area contributed by atoms with Gasteiger partial charge in [-0.3, -0.25) is 4.98 Å². The Labute approximate surface area is 179 Å². The van der Waals surface area contributed by atoms with Crippen LogP contribution in [0.5, 0.6) is 5.75 Å². The highest BCUT2D eigenvalue weighted by Gasteiger charge is 2.32. The molecule has 2 aliphatic rings. The molecule has 0 radical (unpaired) electrons. The van der Waals surface area contributed by atoms with Crippen LogP contribution in [0, 0.1) is 11.3 Å². The smallest absolute Gasteiger partial charge is 0.410 e. The van der Waals surface area contributed by atoms with Crippen LogP contribution in [0.1, 0.15) is 44.1 Å². The van der Waals surface area contributed by atoms with Crippen LogP contribution in [0.3, 0.4) is 0 Å². The molecule has 31 heavy (non-hydrogen) atoms. The van der Waals surface area contributed by atoms with E-state index in [2.05, 4.69) is 15.8 Å². The minimum Gasteiger partial charge on any atom is -0.489 e. The van der Waals surface area contributed by atoms with Gasteiger partial charge in [-0.2, -0.15) is 5.26 Å². The summed E-state index contributed by atoms with van der Waals surface area (Å²) in [6, 6.07) is 3.77. The molecule has 1 saturated carbocycles. The van der Waals surface area contributed by atoms with Crippen molar-refractivity contribution in [1.82, 2.24) is 9.88 Å². The molecule has 0 N–H and O–H groups in total. The average molecular weight is 441 g/mol. The second-order valence-corrected chi connectivity index (χ2v) is 7.73. The zero-order chi connectivity index (χ0) is 22.2. The lowest BCUT2D eigenvalue weighted by molar-refractivity contribution is -0.0723. The van der Waals surface area contributed by atoms with Crippen LogP contribution in [0.15, 0.2) is 18.5 Å². The number of rotatable bonds is 7. The first-order valence-corrected chi connectivity index (χ1v) is 10.5. The minimum atomic E-state index is -3.04. The largest absolute Gasteiger partial charge is 0.489 e. The zero-order valence-corrected chi connectivity index (χ0v) is 17.1. The average Bonchev–Trinajstić information content (AvgIpc) is 2.79. The Morgan fingerprint density at radius 2 is 1.81 bits per heavy atom. The molecule has 0 bridgehead atoms. The fourth-order valence-electron chi connectivity index (χ4n) is 3.84. The molecule has 1 aromatic rings. The summed E-state index contributed by atoms with van der Waals surface area (Å²) >= 11 is 0. The number of likely N-dealkylation sites (tertiary alicyclic amines) is 1. The van der Waals surface area contributed by atoms with Crippen molar-refractivity contribution in [3.8, 4) is 11.8 Å². The number of nitrogens with zero attached hydrogens (tertiary/aromatic N) is 3. The maximum absolute atomic E-state index is 12.6. The normalized spacial score (nSPS) is 23.3. The quantitative estimate of drug-likeness (QED) is 0.639. The monoisotopic (exact) mass is 441 g/mol. The maximum atomic E-state index is 12.6. The van der Waals surface area contributed by atoms with Gasteiger partial charge in [0.05, 0.1) is 18.3 Å². The molecule has 1 aliphatic carbocycles. The van der Waals surface area contributed by atoms with Crippen LogP contribution >= 0.6 is 0 Å². The summed E-state index contributed by atoms with van der Waals surface area (Å²) in [5, 5.41) is 9.13. The van der Waals surface area contributed by atoms with Gasteiger partial charge >= 0.3 is 6.09 Å². The molecular formula is C21H26F3N3O4. The van der Waals surface area contributed by atoms with E-state index in [1.54, 1.807) is 12.3 Å². The van der Waals surface area contributed by atoms with Gasteiger partial charge < -0.3 is 19.1 Å². The SMILES string of the molecule is N#Cc1cnccc1OC1CCC(OC2CCN(C(=O)OC(CF)C(F)F)CC2)CC1. The predicted octanol–water partition coefficient (Wildman–Crippen LogP) is 3.86. The first kappa shape index (κ1) is 23.1. The maximum Gasteiger partial charge on any atom is 0.410 e. The highest BCUT2D eigenvalue weighted by atomic mass is 19.3. The molecule has 0 spiro atoms. The van der Waals surface area contributed by atoms with Crippen LogP contribution < -0.4 is 4.74 Å². The van der Waals surface area contributed by atoms with Gasteiger partial charge in [0.2, 0.25) is 0 Å². The van der Waals surface area contributed by atoms with Gasteiger partial charge in [-0.1, -0.05) is 0 Å². The fourth-order valence-corrected chi connectivity index (χ4v) is 3.84. The number of carbonyl (C=O) groups is 1. The van der Waals surface area contributed by atoms with E-state index in [9.17, 15) is 18.0 Å². The summed E-state index contributed by atoms with van der Waals surface area (Å²) in [6.45, 7) is -0.763. The zero-order valence-electron chi connectivity index (χ0n) is 17.1. The second kappa shape index (κ2) is 11.2. The summed E-state index contributed by atoms with van der Waals surface area (Å²) in [7, 11) is 0. The Morgan fingerprint density at radius 1 is 1.16 bits per heavy atom. The topological polar surface area (TPSA) is 84.7 Å². The first-order valence-electron chi connectivity index (χ1n) is 10.5. The van der Waals surface area contributed by atoms with Crippen molar-refractivity contribution in [1.29, 1.82) is 5.26 Å². The minimum absolute atomic E-state index is 0.0178. The van der Waals surface area contributed by atoms with Crippen molar-refractivity contribution in [3.05, 3.63) is 24.0 Å². The molecule has 1 atom stereocenters. The van der Waals surface area contributed by atoms with E-state index in [1.165, 1.54) is 11.1 Å². The third-order valence-corrected chi connectivity index (χ3v) is 5.59. The van der Waals surface area contributed by atoms with Gasteiger partial charge in [0.25, 0.3) is 6.43 Å². The summed E-state index contributed by atoms with van der Waals surface area (Å²) in [4.78, 5) is 17.2. The van der Waals surface area contributed by atoms with Crippen molar-refractivity contribution >= 4 is 6.09 Å². The molecule has 2 fully saturated rings. The molecule has 10 heteroatoms. The lowest BCUT2D eigenvalue weighted by atomic mass is 9.94. The lowest BCUT2D eigenvalue weighted by Crippen LogP contribution is -2.44. The van der Waals surface area contributed by atoms with Crippen LogP contribution in [0.2, 0.25) is 0 Å². The highest BCUT2D eigenvalue weighted by molar-refractivity contribution is 5.68. The van der Waals surface area contributed by atoms with E-state index in [0.29, 0.717) is 37.2 Å².